The van der Waals surface area contributed by atoms with Crippen LogP contribution in [-0.2, 0) is 6.54 Å². The molecule has 0 radical (unpaired) electrons. The Hall–Kier alpha value is -1.13. The van der Waals surface area contributed by atoms with Crippen molar-refractivity contribution in [3.05, 3.63) is 23.9 Å². The van der Waals surface area contributed by atoms with Gasteiger partial charge in [-0.25, -0.2) is 4.98 Å². The normalized spacial score (nSPS) is 12.4. The molecule has 1 aromatic heterocycles. The number of pyridine rings is 1. The lowest BCUT2D eigenvalue weighted by Gasteiger charge is -2.15. The Morgan fingerprint density at radius 1 is 1.50 bits per heavy atom. The molecule has 1 rings (SSSR count). The van der Waals surface area contributed by atoms with Crippen molar-refractivity contribution in [3.63, 3.8) is 0 Å². The molecule has 16 heavy (non-hydrogen) atoms. The summed E-state index contributed by atoms with van der Waals surface area (Å²) in [4.78, 5) is 4.31. The fourth-order valence-corrected chi connectivity index (χ4v) is 1.52. The van der Waals surface area contributed by atoms with Gasteiger partial charge in [-0.15, -0.1) is 0 Å². The van der Waals surface area contributed by atoms with Gasteiger partial charge in [-0.1, -0.05) is 13.0 Å². The minimum Gasteiger partial charge on any atom is -0.481 e. The summed E-state index contributed by atoms with van der Waals surface area (Å²) in [5.41, 5.74) is 0.954. The number of hydrogen-bond acceptors (Lipinski definition) is 4. The molecule has 0 aliphatic carbocycles. The average molecular weight is 224 g/mol. The molecule has 0 bridgehead atoms. The van der Waals surface area contributed by atoms with E-state index in [0.29, 0.717) is 18.5 Å². The van der Waals surface area contributed by atoms with Gasteiger partial charge in [0.15, 0.2) is 0 Å². The predicted molar refractivity (Wildman–Crippen MR) is 63.4 cm³/mol. The van der Waals surface area contributed by atoms with Crippen LogP contribution in [0.5, 0.6) is 5.88 Å². The van der Waals surface area contributed by atoms with Gasteiger partial charge in [-0.2, -0.15) is 0 Å². The van der Waals surface area contributed by atoms with Crippen LogP contribution in [0.4, 0.5) is 0 Å². The molecule has 1 heterocycles. The molecule has 90 valence electrons. The predicted octanol–water partition coefficient (Wildman–Crippen LogP) is 1.34. The summed E-state index contributed by atoms with van der Waals surface area (Å²) in [5.74, 6) is 0.634. The highest BCUT2D eigenvalue weighted by atomic mass is 16.5. The third-order valence-corrected chi connectivity index (χ3v) is 2.53. The molecule has 0 spiro atoms. The van der Waals surface area contributed by atoms with E-state index in [0.717, 1.165) is 18.5 Å². The van der Waals surface area contributed by atoms with Gasteiger partial charge in [0.2, 0.25) is 5.88 Å². The van der Waals surface area contributed by atoms with Crippen LogP contribution in [0, 0.1) is 0 Å². The molecule has 1 unspecified atom stereocenters. The van der Waals surface area contributed by atoms with Crippen molar-refractivity contribution < 1.29 is 9.84 Å². The van der Waals surface area contributed by atoms with E-state index in [9.17, 15) is 0 Å². The molecule has 0 aliphatic rings. The summed E-state index contributed by atoms with van der Waals surface area (Å²) in [6.45, 7) is 3.03. The SMILES string of the molecule is CCC(CCO)NCc1cccc(OC)n1. The molecule has 4 nitrogen and oxygen atoms in total. The second-order valence-corrected chi connectivity index (χ2v) is 3.67. The first-order valence-corrected chi connectivity index (χ1v) is 5.64. The first-order valence-electron chi connectivity index (χ1n) is 5.64. The quantitative estimate of drug-likeness (QED) is 0.734. The molecule has 2 N–H and O–H groups in total. The van der Waals surface area contributed by atoms with Crippen molar-refractivity contribution >= 4 is 0 Å². The van der Waals surface area contributed by atoms with Gasteiger partial charge in [0.25, 0.3) is 0 Å². The van der Waals surface area contributed by atoms with E-state index in [1.165, 1.54) is 0 Å². The van der Waals surface area contributed by atoms with E-state index in [1.54, 1.807) is 7.11 Å². The molecule has 1 atom stereocenters. The fraction of sp³-hybridized carbons (Fsp3) is 0.583. The van der Waals surface area contributed by atoms with Crippen molar-refractivity contribution in [2.45, 2.75) is 32.4 Å². The number of hydrogen-bond donors (Lipinski definition) is 2. The van der Waals surface area contributed by atoms with Gasteiger partial charge in [0, 0.05) is 25.3 Å². The summed E-state index contributed by atoms with van der Waals surface area (Å²) in [6, 6.07) is 6.06. The van der Waals surface area contributed by atoms with Gasteiger partial charge in [-0.05, 0) is 18.9 Å². The Labute approximate surface area is 96.7 Å². The molecule has 0 saturated heterocycles. The smallest absolute Gasteiger partial charge is 0.213 e. The molecule has 0 amide bonds. The lowest BCUT2D eigenvalue weighted by atomic mass is 10.1. The Balaban J connectivity index is 2.46. The van der Waals surface area contributed by atoms with Crippen LogP contribution >= 0.6 is 0 Å². The zero-order valence-corrected chi connectivity index (χ0v) is 9.94. The number of nitrogens with zero attached hydrogens (tertiary/aromatic N) is 1. The maximum Gasteiger partial charge on any atom is 0.213 e. The van der Waals surface area contributed by atoms with Crippen molar-refractivity contribution in [1.82, 2.24) is 10.3 Å². The largest absolute Gasteiger partial charge is 0.481 e. The van der Waals surface area contributed by atoms with E-state index in [4.69, 9.17) is 9.84 Å². The lowest BCUT2D eigenvalue weighted by Crippen LogP contribution is -2.29. The van der Waals surface area contributed by atoms with Crippen LogP contribution in [-0.4, -0.2) is 29.8 Å². The first kappa shape index (κ1) is 12.9. The Morgan fingerprint density at radius 2 is 2.31 bits per heavy atom. The topological polar surface area (TPSA) is 54.4 Å². The van der Waals surface area contributed by atoms with E-state index in [1.807, 2.05) is 18.2 Å². The van der Waals surface area contributed by atoms with E-state index >= 15 is 0 Å². The summed E-state index contributed by atoms with van der Waals surface area (Å²) >= 11 is 0. The van der Waals surface area contributed by atoms with Gasteiger partial charge in [-0.3, -0.25) is 0 Å². The second-order valence-electron chi connectivity index (χ2n) is 3.67. The maximum absolute atomic E-state index is 8.87. The van der Waals surface area contributed by atoms with Crippen LogP contribution in [0.1, 0.15) is 25.5 Å². The van der Waals surface area contributed by atoms with Crippen LogP contribution in [0.25, 0.3) is 0 Å². The number of ether oxygens (including phenoxy) is 1. The van der Waals surface area contributed by atoms with Crippen molar-refractivity contribution in [1.29, 1.82) is 0 Å². The molecular weight excluding hydrogens is 204 g/mol. The zero-order valence-electron chi connectivity index (χ0n) is 9.94. The molecule has 0 aromatic carbocycles. The van der Waals surface area contributed by atoms with Crippen LogP contribution < -0.4 is 10.1 Å². The van der Waals surface area contributed by atoms with E-state index in [-0.39, 0.29) is 6.61 Å². The Kier molecular flexibility index (Phi) is 5.82. The number of nitrogens with one attached hydrogen (secondary N) is 1. The number of aliphatic hydroxyl groups excluding tert-OH is 1. The third kappa shape index (κ3) is 4.16. The number of methoxy groups -OCH3 is 1. The zero-order chi connectivity index (χ0) is 11.8. The standard InChI is InChI=1S/C12H20N2O2/c1-3-10(7-8-15)13-9-11-5-4-6-12(14-11)16-2/h4-6,10,13,15H,3,7-9H2,1-2H3. The maximum atomic E-state index is 8.87. The lowest BCUT2D eigenvalue weighted by molar-refractivity contribution is 0.261. The number of rotatable bonds is 7. The van der Waals surface area contributed by atoms with Crippen molar-refractivity contribution in [2.24, 2.45) is 0 Å². The fourth-order valence-electron chi connectivity index (χ4n) is 1.52. The summed E-state index contributed by atoms with van der Waals surface area (Å²) in [6.07, 6.45) is 1.78. The summed E-state index contributed by atoms with van der Waals surface area (Å²) < 4.78 is 5.06. The van der Waals surface area contributed by atoms with Crippen LogP contribution in [0.3, 0.4) is 0 Å². The van der Waals surface area contributed by atoms with Gasteiger partial charge < -0.3 is 15.2 Å². The van der Waals surface area contributed by atoms with E-state index in [2.05, 4.69) is 17.2 Å². The Morgan fingerprint density at radius 3 is 2.94 bits per heavy atom. The first-order chi connectivity index (χ1) is 7.80. The summed E-state index contributed by atoms with van der Waals surface area (Å²) in [5, 5.41) is 12.2. The van der Waals surface area contributed by atoms with Crippen molar-refractivity contribution in [3.8, 4) is 5.88 Å². The van der Waals surface area contributed by atoms with Crippen LogP contribution in [0.15, 0.2) is 18.2 Å². The number of aromatic nitrogens is 1. The van der Waals surface area contributed by atoms with Crippen molar-refractivity contribution in [2.75, 3.05) is 13.7 Å². The molecule has 0 fully saturated rings. The average Bonchev–Trinajstić information content (AvgIpc) is 2.34. The van der Waals surface area contributed by atoms with Gasteiger partial charge in [0.05, 0.1) is 12.8 Å². The molecule has 1 aromatic rings. The highest BCUT2D eigenvalue weighted by Gasteiger charge is 2.05. The highest BCUT2D eigenvalue weighted by molar-refractivity contribution is 5.15. The number of aliphatic hydroxyl groups is 1. The molecular formula is C12H20N2O2. The summed E-state index contributed by atoms with van der Waals surface area (Å²) in [7, 11) is 1.61. The van der Waals surface area contributed by atoms with E-state index < -0.39 is 0 Å². The molecule has 4 heteroatoms. The van der Waals surface area contributed by atoms with Gasteiger partial charge in [0.1, 0.15) is 0 Å². The van der Waals surface area contributed by atoms with Crippen LogP contribution in [0.2, 0.25) is 0 Å². The molecule has 0 saturated carbocycles. The second kappa shape index (κ2) is 7.19. The highest BCUT2D eigenvalue weighted by Crippen LogP contribution is 2.07. The third-order valence-electron chi connectivity index (χ3n) is 2.53. The minimum absolute atomic E-state index is 0.219. The molecule has 0 aliphatic heterocycles. The minimum atomic E-state index is 0.219. The Bertz CT molecular complexity index is 305. The van der Waals surface area contributed by atoms with Gasteiger partial charge >= 0.3 is 0 Å². The monoisotopic (exact) mass is 224 g/mol.